The molecule has 0 bridgehead atoms. The summed E-state index contributed by atoms with van der Waals surface area (Å²) in [4.78, 5) is 24.1. The number of amides is 1. The molecule has 4 nitrogen and oxygen atoms in total. The van der Waals surface area contributed by atoms with Crippen molar-refractivity contribution in [2.24, 2.45) is 11.1 Å². The lowest BCUT2D eigenvalue weighted by molar-refractivity contribution is -0.115. The Balaban J connectivity index is 1.94. The molecular weight excluding hydrogens is 252 g/mol. The number of rotatable bonds is 2. The van der Waals surface area contributed by atoms with Crippen LogP contribution in [0.4, 0.5) is 5.69 Å². The van der Waals surface area contributed by atoms with E-state index in [9.17, 15) is 9.59 Å². The number of benzene rings is 1. The lowest BCUT2D eigenvalue weighted by Crippen LogP contribution is -2.28. The van der Waals surface area contributed by atoms with E-state index in [4.69, 9.17) is 5.73 Å². The summed E-state index contributed by atoms with van der Waals surface area (Å²) in [5.74, 6) is -0.00528. The predicted molar refractivity (Wildman–Crippen MR) is 77.2 cm³/mol. The minimum atomic E-state index is -0.615. The van der Waals surface area contributed by atoms with E-state index in [0.717, 1.165) is 11.3 Å². The number of fused-ring (bicyclic) bond motifs is 1. The highest BCUT2D eigenvalue weighted by Gasteiger charge is 2.33. The average Bonchev–Trinajstić information content (AvgIpc) is 2.76. The van der Waals surface area contributed by atoms with Gasteiger partial charge < -0.3 is 11.1 Å². The Labute approximate surface area is 117 Å². The Morgan fingerprint density at radius 2 is 2.20 bits per heavy atom. The highest BCUT2D eigenvalue weighted by Crippen LogP contribution is 2.34. The quantitative estimate of drug-likeness (QED) is 0.807. The van der Waals surface area contributed by atoms with Crippen LogP contribution in [0, 0.1) is 5.41 Å². The van der Waals surface area contributed by atoms with Gasteiger partial charge in [0.25, 0.3) is 0 Å². The van der Waals surface area contributed by atoms with Crippen molar-refractivity contribution in [3.8, 4) is 0 Å². The van der Waals surface area contributed by atoms with Gasteiger partial charge in [-0.05, 0) is 37.1 Å². The van der Waals surface area contributed by atoms with E-state index in [2.05, 4.69) is 5.32 Å². The fourth-order valence-electron chi connectivity index (χ4n) is 2.76. The molecule has 0 radical (unpaired) electrons. The fourth-order valence-corrected chi connectivity index (χ4v) is 2.76. The molecule has 1 amide bonds. The van der Waals surface area contributed by atoms with E-state index < -0.39 is 5.41 Å². The van der Waals surface area contributed by atoms with Crippen LogP contribution in [-0.4, -0.2) is 11.7 Å². The number of hydrogen-bond donors (Lipinski definition) is 2. The van der Waals surface area contributed by atoms with Crippen LogP contribution in [-0.2, 0) is 11.2 Å². The van der Waals surface area contributed by atoms with Crippen LogP contribution >= 0.6 is 0 Å². The lowest BCUT2D eigenvalue weighted by atomic mass is 9.76. The lowest BCUT2D eigenvalue weighted by Gasteiger charge is -2.26. The number of Topliss-reactive ketones (excluding diaryl/α,β-unsaturated/α-hetero) is 1. The van der Waals surface area contributed by atoms with Gasteiger partial charge in [0, 0.05) is 16.9 Å². The zero-order chi connectivity index (χ0) is 14.3. The minimum Gasteiger partial charge on any atom is -0.399 e. The monoisotopic (exact) mass is 268 g/mol. The molecule has 3 N–H and O–H groups in total. The van der Waals surface area contributed by atoms with Crippen LogP contribution in [0.2, 0.25) is 0 Å². The number of nitrogens with one attached hydrogen (secondary N) is 1. The zero-order valence-corrected chi connectivity index (χ0v) is 11.3. The minimum absolute atomic E-state index is 0.0220. The summed E-state index contributed by atoms with van der Waals surface area (Å²) in [6.45, 7) is 1.89. The second kappa shape index (κ2) is 4.34. The Bertz CT molecular complexity index is 673. The van der Waals surface area contributed by atoms with Crippen molar-refractivity contribution in [1.29, 1.82) is 0 Å². The van der Waals surface area contributed by atoms with Crippen molar-refractivity contribution >= 4 is 17.4 Å². The van der Waals surface area contributed by atoms with Gasteiger partial charge in [0.15, 0.2) is 5.78 Å². The van der Waals surface area contributed by atoms with Gasteiger partial charge in [-0.3, -0.25) is 9.59 Å². The Kier molecular flexibility index (Phi) is 2.74. The first-order valence-corrected chi connectivity index (χ1v) is 6.60. The predicted octanol–water partition coefficient (Wildman–Crippen LogP) is 2.17. The number of allylic oxidation sites excluding steroid dienone is 3. The van der Waals surface area contributed by atoms with Gasteiger partial charge in [-0.1, -0.05) is 18.2 Å². The van der Waals surface area contributed by atoms with Gasteiger partial charge >= 0.3 is 0 Å². The largest absolute Gasteiger partial charge is 0.399 e. The molecule has 3 rings (SSSR count). The number of nitrogens with two attached hydrogens (primary N) is 1. The highest BCUT2D eigenvalue weighted by atomic mass is 16.2. The molecule has 1 atom stereocenters. The van der Waals surface area contributed by atoms with Gasteiger partial charge in [-0.15, -0.1) is 0 Å². The number of hydrogen-bond acceptors (Lipinski definition) is 3. The van der Waals surface area contributed by atoms with E-state index in [1.165, 1.54) is 0 Å². The highest BCUT2D eigenvalue weighted by molar-refractivity contribution is 6.05. The zero-order valence-electron chi connectivity index (χ0n) is 11.3. The molecule has 20 heavy (non-hydrogen) atoms. The van der Waals surface area contributed by atoms with E-state index in [1.54, 1.807) is 18.2 Å². The molecule has 0 saturated heterocycles. The maximum Gasteiger partial charge on any atom is 0.228 e. The fraction of sp³-hybridized carbons (Fsp3) is 0.250. The molecule has 0 spiro atoms. The number of carbonyl (C=O) groups is 2. The summed E-state index contributed by atoms with van der Waals surface area (Å²) in [5, 5.41) is 2.77. The van der Waals surface area contributed by atoms with E-state index in [1.807, 2.05) is 25.1 Å². The standard InChI is InChI=1S/C16H16N2O2/c1-16(6-2-3-12(17)9-16)15(20)11-5-4-10-8-14(19)18-13(10)7-11/h2-5,7,9H,6,8,17H2,1H3,(H,18,19). The van der Waals surface area contributed by atoms with Gasteiger partial charge in [0.2, 0.25) is 5.91 Å². The van der Waals surface area contributed by atoms with E-state index >= 15 is 0 Å². The first-order valence-electron chi connectivity index (χ1n) is 6.60. The number of anilines is 1. The van der Waals surface area contributed by atoms with Crippen LogP contribution < -0.4 is 11.1 Å². The van der Waals surface area contributed by atoms with Gasteiger partial charge in [-0.2, -0.15) is 0 Å². The molecule has 1 aliphatic carbocycles. The summed E-state index contributed by atoms with van der Waals surface area (Å²) in [7, 11) is 0. The number of carbonyl (C=O) groups excluding carboxylic acids is 2. The third kappa shape index (κ3) is 2.03. The van der Waals surface area contributed by atoms with Gasteiger partial charge in [-0.25, -0.2) is 0 Å². The van der Waals surface area contributed by atoms with Crippen molar-refractivity contribution in [2.75, 3.05) is 5.32 Å². The van der Waals surface area contributed by atoms with Crippen LogP contribution in [0.25, 0.3) is 0 Å². The van der Waals surface area contributed by atoms with Gasteiger partial charge in [0.05, 0.1) is 11.8 Å². The van der Waals surface area contributed by atoms with Crippen molar-refractivity contribution in [1.82, 2.24) is 0 Å². The summed E-state index contributed by atoms with van der Waals surface area (Å²) in [6.07, 6.45) is 6.56. The normalized spacial score (nSPS) is 24.1. The Morgan fingerprint density at radius 1 is 1.40 bits per heavy atom. The molecule has 1 heterocycles. The maximum atomic E-state index is 12.7. The van der Waals surface area contributed by atoms with Crippen LogP contribution in [0.5, 0.6) is 0 Å². The summed E-state index contributed by atoms with van der Waals surface area (Å²) >= 11 is 0. The summed E-state index contributed by atoms with van der Waals surface area (Å²) in [6, 6.07) is 5.39. The molecule has 102 valence electrons. The van der Waals surface area contributed by atoms with Crippen LogP contribution in [0.1, 0.15) is 29.3 Å². The SMILES string of the molecule is CC1(C(=O)c2ccc3c(c2)NC(=O)C3)C=C(N)C=CC1. The van der Waals surface area contributed by atoms with Crippen LogP contribution in [0.3, 0.4) is 0 Å². The number of ketones is 1. The van der Waals surface area contributed by atoms with Crippen LogP contribution in [0.15, 0.2) is 42.1 Å². The third-order valence-electron chi connectivity index (χ3n) is 3.85. The first kappa shape index (κ1) is 12.7. The van der Waals surface area contributed by atoms with Gasteiger partial charge in [0.1, 0.15) is 0 Å². The molecular formula is C16H16N2O2. The molecule has 0 fully saturated rings. The van der Waals surface area contributed by atoms with Crippen molar-refractivity contribution in [2.45, 2.75) is 19.8 Å². The van der Waals surface area contributed by atoms with Crippen molar-refractivity contribution < 1.29 is 9.59 Å². The molecule has 0 aromatic heterocycles. The molecule has 2 aliphatic rings. The molecule has 1 aromatic carbocycles. The Hall–Kier alpha value is -2.36. The topological polar surface area (TPSA) is 72.2 Å². The van der Waals surface area contributed by atoms with E-state index in [-0.39, 0.29) is 11.7 Å². The third-order valence-corrected chi connectivity index (χ3v) is 3.85. The first-order chi connectivity index (χ1) is 9.48. The molecule has 0 saturated carbocycles. The summed E-state index contributed by atoms with van der Waals surface area (Å²) in [5.41, 5.74) is 8.08. The van der Waals surface area contributed by atoms with Crippen molar-refractivity contribution in [3.05, 3.63) is 53.3 Å². The second-order valence-electron chi connectivity index (χ2n) is 5.59. The maximum absolute atomic E-state index is 12.7. The molecule has 1 aromatic rings. The molecule has 1 unspecified atom stereocenters. The average molecular weight is 268 g/mol. The summed E-state index contributed by atoms with van der Waals surface area (Å²) < 4.78 is 0. The molecule has 1 aliphatic heterocycles. The van der Waals surface area contributed by atoms with E-state index in [0.29, 0.717) is 24.1 Å². The second-order valence-corrected chi connectivity index (χ2v) is 5.59. The van der Waals surface area contributed by atoms with Crippen molar-refractivity contribution in [3.63, 3.8) is 0 Å². The Morgan fingerprint density at radius 3 is 2.95 bits per heavy atom. The smallest absolute Gasteiger partial charge is 0.228 e. The molecule has 4 heteroatoms.